The number of hydrogen-bond acceptors (Lipinski definition) is 2. The van der Waals surface area contributed by atoms with Gasteiger partial charge in [-0.05, 0) is 38.0 Å². The molecule has 0 bridgehead atoms. The molecule has 0 saturated heterocycles. The molecule has 2 amide bonds. The number of carbonyl (C=O) groups is 2. The lowest BCUT2D eigenvalue weighted by Crippen LogP contribution is -2.43. The van der Waals surface area contributed by atoms with Gasteiger partial charge in [0.25, 0.3) is 0 Å². The third-order valence-electron chi connectivity index (χ3n) is 3.22. The lowest BCUT2D eigenvalue weighted by Gasteiger charge is -2.23. The number of nitrogens with zero attached hydrogens (tertiary/aromatic N) is 1. The van der Waals surface area contributed by atoms with E-state index in [1.165, 1.54) is 0 Å². The average Bonchev–Trinajstić information content (AvgIpc) is 2.40. The van der Waals surface area contributed by atoms with E-state index < -0.39 is 11.9 Å². The average molecular weight is 278 g/mol. The van der Waals surface area contributed by atoms with Gasteiger partial charge in [-0.1, -0.05) is 19.1 Å². The van der Waals surface area contributed by atoms with Gasteiger partial charge in [0, 0.05) is 18.8 Å². The maximum atomic E-state index is 12.2. The molecule has 1 aromatic carbocycles. The number of carboxylic acids is 1. The summed E-state index contributed by atoms with van der Waals surface area (Å²) in [5.41, 5.74) is 1.89. The van der Waals surface area contributed by atoms with Crippen LogP contribution in [-0.4, -0.2) is 30.2 Å². The van der Waals surface area contributed by atoms with E-state index in [0.717, 1.165) is 11.3 Å². The van der Waals surface area contributed by atoms with Gasteiger partial charge in [-0.3, -0.25) is 9.69 Å². The fraction of sp³-hybridized carbons (Fsp3) is 0.467. The standard InChI is InChI=1S/C15H22N2O3/c1-4-12(14(18)19)10-16-15(20)17(5-2)13-8-6-7-11(3)9-13/h6-9,12H,4-5,10H2,1-3H3,(H,16,20)(H,18,19). The quantitative estimate of drug-likeness (QED) is 0.840. The number of amides is 2. The van der Waals surface area contributed by atoms with Crippen LogP contribution >= 0.6 is 0 Å². The fourth-order valence-electron chi connectivity index (χ4n) is 1.95. The summed E-state index contributed by atoms with van der Waals surface area (Å²) in [6, 6.07) is 7.39. The molecular formula is C15H22N2O3. The first kappa shape index (κ1) is 16.0. The Balaban J connectivity index is 2.71. The molecule has 0 aliphatic carbocycles. The zero-order valence-corrected chi connectivity index (χ0v) is 12.2. The summed E-state index contributed by atoms with van der Waals surface area (Å²) in [5.74, 6) is -1.43. The summed E-state index contributed by atoms with van der Waals surface area (Å²) in [6.45, 7) is 6.32. The Morgan fingerprint density at radius 1 is 1.35 bits per heavy atom. The van der Waals surface area contributed by atoms with Gasteiger partial charge >= 0.3 is 12.0 Å². The van der Waals surface area contributed by atoms with E-state index in [1.54, 1.807) is 11.8 Å². The summed E-state index contributed by atoms with van der Waals surface area (Å²) < 4.78 is 0. The molecule has 2 N–H and O–H groups in total. The highest BCUT2D eigenvalue weighted by atomic mass is 16.4. The molecule has 20 heavy (non-hydrogen) atoms. The molecule has 1 rings (SSSR count). The van der Waals surface area contributed by atoms with Gasteiger partial charge < -0.3 is 10.4 Å². The molecule has 1 aromatic rings. The van der Waals surface area contributed by atoms with Crippen LogP contribution in [0.4, 0.5) is 10.5 Å². The Morgan fingerprint density at radius 2 is 2.05 bits per heavy atom. The lowest BCUT2D eigenvalue weighted by molar-refractivity contribution is -0.141. The maximum Gasteiger partial charge on any atom is 0.321 e. The number of carboxylic acid groups (broad SMARTS) is 1. The normalized spacial score (nSPS) is 11.8. The Labute approximate surface area is 119 Å². The molecule has 1 unspecified atom stereocenters. The number of anilines is 1. The summed E-state index contributed by atoms with van der Waals surface area (Å²) in [7, 11) is 0. The molecule has 0 radical (unpaired) electrons. The zero-order valence-electron chi connectivity index (χ0n) is 12.2. The van der Waals surface area contributed by atoms with Crippen LogP contribution in [0.15, 0.2) is 24.3 Å². The van der Waals surface area contributed by atoms with Crippen molar-refractivity contribution in [3.05, 3.63) is 29.8 Å². The number of aliphatic carboxylic acids is 1. The molecule has 0 aromatic heterocycles. The third kappa shape index (κ3) is 4.26. The monoisotopic (exact) mass is 278 g/mol. The van der Waals surface area contributed by atoms with Gasteiger partial charge in [-0.15, -0.1) is 0 Å². The van der Waals surface area contributed by atoms with Crippen molar-refractivity contribution in [3.63, 3.8) is 0 Å². The molecule has 0 fully saturated rings. The SMILES string of the molecule is CCC(CNC(=O)N(CC)c1cccc(C)c1)C(=O)O. The van der Waals surface area contributed by atoms with Gasteiger partial charge in [0.1, 0.15) is 0 Å². The summed E-state index contributed by atoms with van der Waals surface area (Å²) in [5, 5.41) is 11.7. The first-order valence-electron chi connectivity index (χ1n) is 6.84. The second-order valence-electron chi connectivity index (χ2n) is 4.71. The van der Waals surface area contributed by atoms with Crippen LogP contribution in [0.2, 0.25) is 0 Å². The van der Waals surface area contributed by atoms with Crippen molar-refractivity contribution >= 4 is 17.7 Å². The van der Waals surface area contributed by atoms with Crippen molar-refractivity contribution in [1.29, 1.82) is 0 Å². The predicted octanol–water partition coefficient (Wildman–Crippen LogP) is 2.64. The minimum Gasteiger partial charge on any atom is -0.481 e. The molecule has 0 spiro atoms. The van der Waals surface area contributed by atoms with Crippen LogP contribution in [0, 0.1) is 12.8 Å². The Bertz CT molecular complexity index is 474. The van der Waals surface area contributed by atoms with Gasteiger partial charge in [0.15, 0.2) is 0 Å². The van der Waals surface area contributed by atoms with Crippen molar-refractivity contribution in [2.24, 2.45) is 5.92 Å². The Morgan fingerprint density at radius 3 is 2.55 bits per heavy atom. The third-order valence-corrected chi connectivity index (χ3v) is 3.22. The minimum absolute atomic E-state index is 0.146. The lowest BCUT2D eigenvalue weighted by atomic mass is 10.1. The maximum absolute atomic E-state index is 12.2. The van der Waals surface area contributed by atoms with Gasteiger partial charge in [-0.2, -0.15) is 0 Å². The van der Waals surface area contributed by atoms with Crippen LogP contribution in [0.5, 0.6) is 0 Å². The van der Waals surface area contributed by atoms with Crippen molar-refractivity contribution in [2.45, 2.75) is 27.2 Å². The highest BCUT2D eigenvalue weighted by Crippen LogP contribution is 2.15. The minimum atomic E-state index is -0.883. The van der Waals surface area contributed by atoms with Crippen LogP contribution in [0.3, 0.4) is 0 Å². The molecule has 1 atom stereocenters. The molecule has 0 aliphatic rings. The van der Waals surface area contributed by atoms with E-state index in [9.17, 15) is 9.59 Å². The van der Waals surface area contributed by atoms with E-state index in [4.69, 9.17) is 5.11 Å². The van der Waals surface area contributed by atoms with Crippen molar-refractivity contribution in [2.75, 3.05) is 18.0 Å². The highest BCUT2D eigenvalue weighted by molar-refractivity contribution is 5.92. The molecule has 0 saturated carbocycles. The van der Waals surface area contributed by atoms with Crippen LogP contribution < -0.4 is 10.2 Å². The number of nitrogens with one attached hydrogen (secondary N) is 1. The van der Waals surface area contributed by atoms with E-state index in [2.05, 4.69) is 5.32 Å². The van der Waals surface area contributed by atoms with E-state index in [-0.39, 0.29) is 12.6 Å². The molecule has 5 heteroatoms. The number of rotatable bonds is 6. The van der Waals surface area contributed by atoms with Crippen molar-refractivity contribution < 1.29 is 14.7 Å². The first-order chi connectivity index (χ1) is 9.49. The molecule has 0 heterocycles. The number of benzene rings is 1. The van der Waals surface area contributed by atoms with Crippen LogP contribution in [-0.2, 0) is 4.79 Å². The van der Waals surface area contributed by atoms with Crippen molar-refractivity contribution in [1.82, 2.24) is 5.32 Å². The Hall–Kier alpha value is -2.04. The number of carbonyl (C=O) groups excluding carboxylic acids is 1. The van der Waals surface area contributed by atoms with Crippen LogP contribution in [0.25, 0.3) is 0 Å². The molecule has 110 valence electrons. The summed E-state index contributed by atoms with van der Waals surface area (Å²) in [4.78, 5) is 24.7. The summed E-state index contributed by atoms with van der Waals surface area (Å²) >= 11 is 0. The van der Waals surface area contributed by atoms with Gasteiger partial charge in [0.2, 0.25) is 0 Å². The number of urea groups is 1. The number of aryl methyl sites for hydroxylation is 1. The zero-order chi connectivity index (χ0) is 15.1. The van der Waals surface area contributed by atoms with E-state index in [1.807, 2.05) is 38.1 Å². The Kier molecular flexibility index (Phi) is 6.03. The van der Waals surface area contributed by atoms with Gasteiger partial charge in [0.05, 0.1) is 5.92 Å². The van der Waals surface area contributed by atoms with Gasteiger partial charge in [-0.25, -0.2) is 4.79 Å². The van der Waals surface area contributed by atoms with E-state index >= 15 is 0 Å². The number of hydrogen-bond donors (Lipinski definition) is 2. The topological polar surface area (TPSA) is 69.6 Å². The summed E-state index contributed by atoms with van der Waals surface area (Å²) in [6.07, 6.45) is 0.492. The second-order valence-corrected chi connectivity index (χ2v) is 4.71. The highest BCUT2D eigenvalue weighted by Gasteiger charge is 2.19. The van der Waals surface area contributed by atoms with E-state index in [0.29, 0.717) is 13.0 Å². The first-order valence-corrected chi connectivity index (χ1v) is 6.84. The second kappa shape index (κ2) is 7.53. The molecule has 5 nitrogen and oxygen atoms in total. The smallest absolute Gasteiger partial charge is 0.321 e. The van der Waals surface area contributed by atoms with Crippen LogP contribution in [0.1, 0.15) is 25.8 Å². The van der Waals surface area contributed by atoms with Crippen molar-refractivity contribution in [3.8, 4) is 0 Å². The predicted molar refractivity (Wildman–Crippen MR) is 79.0 cm³/mol. The molecular weight excluding hydrogens is 256 g/mol. The largest absolute Gasteiger partial charge is 0.481 e. The fourth-order valence-corrected chi connectivity index (χ4v) is 1.95. The molecule has 0 aliphatic heterocycles.